The molecule has 16 heavy (non-hydrogen) atoms. The molecule has 0 fully saturated rings. The van der Waals surface area contributed by atoms with Crippen LogP contribution >= 0.6 is 0 Å². The van der Waals surface area contributed by atoms with Gasteiger partial charge in [0.2, 0.25) is 5.91 Å². The van der Waals surface area contributed by atoms with Crippen molar-refractivity contribution in [2.45, 2.75) is 46.1 Å². The highest BCUT2D eigenvalue weighted by Gasteiger charge is 2.16. The van der Waals surface area contributed by atoms with Crippen molar-refractivity contribution < 1.29 is 4.79 Å². The number of aromatic nitrogens is 3. The zero-order valence-corrected chi connectivity index (χ0v) is 9.99. The Bertz CT molecular complexity index is 291. The Kier molecular flexibility index (Phi) is 5.53. The molecule has 1 aromatic rings. The molecule has 0 saturated carbocycles. The number of carbonyl (C=O) groups excluding carboxylic acids is 1. The minimum absolute atomic E-state index is 0.125. The summed E-state index contributed by atoms with van der Waals surface area (Å²) in [5, 5.41) is 9.33. The van der Waals surface area contributed by atoms with Gasteiger partial charge >= 0.3 is 0 Å². The maximum absolute atomic E-state index is 11.8. The molecule has 1 rings (SSSR count). The summed E-state index contributed by atoms with van der Waals surface area (Å²) in [4.78, 5) is 15.8. The second kappa shape index (κ2) is 6.98. The number of rotatable bonds is 7. The van der Waals surface area contributed by atoms with Gasteiger partial charge in [-0.25, -0.2) is 4.98 Å². The topological polar surface area (TPSA) is 70.7 Å². The lowest BCUT2D eigenvalue weighted by molar-refractivity contribution is -0.125. The van der Waals surface area contributed by atoms with E-state index in [1.54, 1.807) is 0 Å². The first kappa shape index (κ1) is 12.7. The van der Waals surface area contributed by atoms with Gasteiger partial charge in [0.1, 0.15) is 12.2 Å². The van der Waals surface area contributed by atoms with Crippen LogP contribution in [0.15, 0.2) is 6.33 Å². The molecule has 1 heterocycles. The van der Waals surface area contributed by atoms with E-state index in [1.807, 2.05) is 0 Å². The summed E-state index contributed by atoms with van der Waals surface area (Å²) < 4.78 is 0. The van der Waals surface area contributed by atoms with Gasteiger partial charge < -0.3 is 5.32 Å². The molecule has 0 spiro atoms. The highest BCUT2D eigenvalue weighted by molar-refractivity contribution is 5.78. The summed E-state index contributed by atoms with van der Waals surface area (Å²) in [6.45, 7) is 4.64. The van der Waals surface area contributed by atoms with E-state index < -0.39 is 0 Å². The average molecular weight is 224 g/mol. The summed E-state index contributed by atoms with van der Waals surface area (Å²) in [5.74, 6) is 0.957. The lowest BCUT2D eigenvalue weighted by atomic mass is 9.97. The number of H-pyrrole nitrogens is 1. The number of carbonyl (C=O) groups is 1. The van der Waals surface area contributed by atoms with Crippen molar-refractivity contribution in [3.8, 4) is 0 Å². The quantitative estimate of drug-likeness (QED) is 0.739. The van der Waals surface area contributed by atoms with Crippen LogP contribution < -0.4 is 5.32 Å². The Morgan fingerprint density at radius 1 is 1.44 bits per heavy atom. The summed E-state index contributed by atoms with van der Waals surface area (Å²) >= 11 is 0. The SMILES string of the molecule is CCCC(CCC)C(=O)NCc1ncn[nH]1. The molecular formula is C11H20N4O. The van der Waals surface area contributed by atoms with E-state index in [2.05, 4.69) is 34.3 Å². The number of nitrogens with one attached hydrogen (secondary N) is 2. The van der Waals surface area contributed by atoms with E-state index >= 15 is 0 Å². The van der Waals surface area contributed by atoms with Crippen LogP contribution in [0, 0.1) is 5.92 Å². The highest BCUT2D eigenvalue weighted by atomic mass is 16.1. The minimum Gasteiger partial charge on any atom is -0.349 e. The predicted octanol–water partition coefficient (Wildman–Crippen LogP) is 1.64. The molecular weight excluding hydrogens is 204 g/mol. The first-order valence-electron chi connectivity index (χ1n) is 5.89. The van der Waals surface area contributed by atoms with Gasteiger partial charge in [0.25, 0.3) is 0 Å². The lowest BCUT2D eigenvalue weighted by Crippen LogP contribution is -2.30. The Morgan fingerprint density at radius 2 is 2.12 bits per heavy atom. The molecule has 0 aromatic carbocycles. The van der Waals surface area contributed by atoms with Gasteiger partial charge in [-0.05, 0) is 12.8 Å². The number of aromatic amines is 1. The van der Waals surface area contributed by atoms with Crippen LogP contribution in [0.25, 0.3) is 0 Å². The van der Waals surface area contributed by atoms with Crippen molar-refractivity contribution in [3.05, 3.63) is 12.2 Å². The number of amides is 1. The molecule has 0 unspecified atom stereocenters. The normalized spacial score (nSPS) is 10.7. The van der Waals surface area contributed by atoms with Gasteiger partial charge in [0, 0.05) is 5.92 Å². The van der Waals surface area contributed by atoms with Gasteiger partial charge in [-0.3, -0.25) is 9.89 Å². The third kappa shape index (κ3) is 4.00. The third-order valence-electron chi connectivity index (χ3n) is 2.54. The molecule has 2 N–H and O–H groups in total. The summed E-state index contributed by atoms with van der Waals surface area (Å²) in [7, 11) is 0. The molecule has 1 amide bonds. The Labute approximate surface area is 96.0 Å². The molecule has 5 heteroatoms. The summed E-state index contributed by atoms with van der Waals surface area (Å²) in [6, 6.07) is 0. The molecule has 0 radical (unpaired) electrons. The van der Waals surface area contributed by atoms with Crippen LogP contribution in [-0.2, 0) is 11.3 Å². The average Bonchev–Trinajstić information content (AvgIpc) is 2.78. The van der Waals surface area contributed by atoms with E-state index in [9.17, 15) is 4.79 Å². The van der Waals surface area contributed by atoms with Crippen LogP contribution in [0.2, 0.25) is 0 Å². The van der Waals surface area contributed by atoms with Gasteiger partial charge in [-0.15, -0.1) is 0 Å². The zero-order chi connectivity index (χ0) is 11.8. The molecule has 0 aliphatic rings. The molecule has 1 aromatic heterocycles. The second-order valence-corrected chi connectivity index (χ2v) is 3.92. The summed E-state index contributed by atoms with van der Waals surface area (Å²) in [5.41, 5.74) is 0. The Morgan fingerprint density at radius 3 is 2.62 bits per heavy atom. The number of nitrogens with zero attached hydrogens (tertiary/aromatic N) is 2. The monoisotopic (exact) mass is 224 g/mol. The van der Waals surface area contributed by atoms with Crippen molar-refractivity contribution in [3.63, 3.8) is 0 Å². The lowest BCUT2D eigenvalue weighted by Gasteiger charge is -2.14. The first-order chi connectivity index (χ1) is 7.77. The third-order valence-corrected chi connectivity index (χ3v) is 2.54. The van der Waals surface area contributed by atoms with Crippen molar-refractivity contribution >= 4 is 5.91 Å². The smallest absolute Gasteiger partial charge is 0.223 e. The maximum atomic E-state index is 11.8. The van der Waals surface area contributed by atoms with Gasteiger partial charge in [-0.2, -0.15) is 5.10 Å². The molecule has 0 atom stereocenters. The first-order valence-corrected chi connectivity index (χ1v) is 5.89. The fourth-order valence-corrected chi connectivity index (χ4v) is 1.73. The molecule has 0 bridgehead atoms. The van der Waals surface area contributed by atoms with Crippen molar-refractivity contribution in [1.29, 1.82) is 0 Å². The molecule has 90 valence electrons. The molecule has 0 aliphatic heterocycles. The number of hydrogen-bond acceptors (Lipinski definition) is 3. The maximum Gasteiger partial charge on any atom is 0.223 e. The van der Waals surface area contributed by atoms with Gasteiger partial charge in [-0.1, -0.05) is 26.7 Å². The highest BCUT2D eigenvalue weighted by Crippen LogP contribution is 2.13. The van der Waals surface area contributed by atoms with Crippen LogP contribution in [0.4, 0.5) is 0 Å². The van der Waals surface area contributed by atoms with E-state index in [4.69, 9.17) is 0 Å². The fraction of sp³-hybridized carbons (Fsp3) is 0.727. The van der Waals surface area contributed by atoms with E-state index in [0.29, 0.717) is 12.4 Å². The van der Waals surface area contributed by atoms with E-state index in [-0.39, 0.29) is 11.8 Å². The van der Waals surface area contributed by atoms with E-state index in [0.717, 1.165) is 25.7 Å². The van der Waals surface area contributed by atoms with Crippen LogP contribution in [0.5, 0.6) is 0 Å². The van der Waals surface area contributed by atoms with Gasteiger partial charge in [0.05, 0.1) is 6.54 Å². The Hall–Kier alpha value is -1.39. The fourth-order valence-electron chi connectivity index (χ4n) is 1.73. The van der Waals surface area contributed by atoms with Crippen LogP contribution in [0.3, 0.4) is 0 Å². The minimum atomic E-state index is 0.125. The van der Waals surface area contributed by atoms with Crippen molar-refractivity contribution in [2.75, 3.05) is 0 Å². The largest absolute Gasteiger partial charge is 0.349 e. The van der Waals surface area contributed by atoms with Gasteiger partial charge in [0.15, 0.2) is 0 Å². The number of hydrogen-bond donors (Lipinski definition) is 2. The van der Waals surface area contributed by atoms with E-state index in [1.165, 1.54) is 6.33 Å². The predicted molar refractivity (Wildman–Crippen MR) is 61.5 cm³/mol. The molecule has 5 nitrogen and oxygen atoms in total. The zero-order valence-electron chi connectivity index (χ0n) is 9.99. The molecule has 0 saturated heterocycles. The summed E-state index contributed by atoms with van der Waals surface area (Å²) in [6.07, 6.45) is 5.43. The van der Waals surface area contributed by atoms with Crippen molar-refractivity contribution in [2.24, 2.45) is 5.92 Å². The van der Waals surface area contributed by atoms with Crippen LogP contribution in [-0.4, -0.2) is 21.1 Å². The standard InChI is InChI=1S/C11H20N4O/c1-3-5-9(6-4-2)11(16)12-7-10-13-8-14-15-10/h8-9H,3-7H2,1-2H3,(H,12,16)(H,13,14,15). The second-order valence-electron chi connectivity index (χ2n) is 3.92. The Balaban J connectivity index is 2.36. The van der Waals surface area contributed by atoms with Crippen molar-refractivity contribution in [1.82, 2.24) is 20.5 Å². The van der Waals surface area contributed by atoms with Crippen LogP contribution in [0.1, 0.15) is 45.4 Å². The molecule has 0 aliphatic carbocycles.